The summed E-state index contributed by atoms with van der Waals surface area (Å²) >= 11 is 0. The Morgan fingerprint density at radius 3 is 2.77 bits per heavy atom. The Hall–Kier alpha value is -1.56. The minimum absolute atomic E-state index is 0.0404. The number of allylic oxidation sites excluding steroid dienone is 2. The maximum Gasteiger partial charge on any atom is 0.336 e. The molecule has 0 atom stereocenters. The van der Waals surface area contributed by atoms with Crippen molar-refractivity contribution in [2.45, 2.75) is 26.2 Å². The highest BCUT2D eigenvalue weighted by Crippen LogP contribution is 2.01. The van der Waals surface area contributed by atoms with E-state index < -0.39 is 5.97 Å². The van der Waals surface area contributed by atoms with E-state index >= 15 is 0 Å². The molecule has 0 aliphatic rings. The summed E-state index contributed by atoms with van der Waals surface area (Å²) in [5, 5.41) is 16.9. The number of aliphatic carboxylic acids is 1. The molecular formula is C10H13NO2. The molecule has 0 aliphatic carbocycles. The first kappa shape index (κ1) is 11.4. The Balaban J connectivity index is 4.13. The van der Waals surface area contributed by atoms with E-state index in [2.05, 4.69) is 6.92 Å². The van der Waals surface area contributed by atoms with E-state index in [9.17, 15) is 4.79 Å². The van der Waals surface area contributed by atoms with Crippen LogP contribution in [-0.2, 0) is 4.79 Å². The maximum atomic E-state index is 10.5. The highest BCUT2D eigenvalue weighted by atomic mass is 16.4. The van der Waals surface area contributed by atoms with Crippen LogP contribution in [0.5, 0.6) is 0 Å². The van der Waals surface area contributed by atoms with E-state index in [1.165, 1.54) is 6.08 Å². The van der Waals surface area contributed by atoms with Crippen molar-refractivity contribution < 1.29 is 9.90 Å². The number of nitrogens with zero attached hydrogens (tertiary/aromatic N) is 1. The van der Waals surface area contributed by atoms with Crippen molar-refractivity contribution in [1.82, 2.24) is 0 Å². The van der Waals surface area contributed by atoms with Crippen LogP contribution < -0.4 is 0 Å². The summed E-state index contributed by atoms with van der Waals surface area (Å²) in [5.41, 5.74) is 0.0404. The van der Waals surface area contributed by atoms with Crippen LogP contribution in [-0.4, -0.2) is 11.1 Å². The Bertz CT molecular complexity index is 259. The van der Waals surface area contributed by atoms with Gasteiger partial charge in [0.1, 0.15) is 0 Å². The molecule has 70 valence electrons. The molecule has 0 fully saturated rings. The molecule has 0 unspecified atom stereocenters. The summed E-state index contributed by atoms with van der Waals surface area (Å²) in [6, 6.07) is 1.70. The first-order valence-corrected chi connectivity index (χ1v) is 4.22. The molecular weight excluding hydrogens is 166 g/mol. The van der Waals surface area contributed by atoms with Crippen molar-refractivity contribution in [1.29, 1.82) is 5.26 Å². The number of unbranched alkanes of at least 4 members (excludes halogenated alkanes) is 2. The van der Waals surface area contributed by atoms with Crippen molar-refractivity contribution in [2.75, 3.05) is 0 Å². The summed E-state index contributed by atoms with van der Waals surface area (Å²) in [6.07, 6.45) is 7.25. The molecule has 0 aromatic heterocycles. The Kier molecular flexibility index (Phi) is 6.26. The SMILES string of the molecule is CCCC/C=C/C(=C/C#N)C(=O)O. The van der Waals surface area contributed by atoms with E-state index in [0.717, 1.165) is 25.3 Å². The largest absolute Gasteiger partial charge is 0.478 e. The zero-order valence-corrected chi connectivity index (χ0v) is 7.66. The molecule has 0 rings (SSSR count). The van der Waals surface area contributed by atoms with E-state index in [4.69, 9.17) is 10.4 Å². The van der Waals surface area contributed by atoms with Crippen LogP contribution in [0.15, 0.2) is 23.8 Å². The quantitative estimate of drug-likeness (QED) is 0.305. The van der Waals surface area contributed by atoms with Gasteiger partial charge in [-0.3, -0.25) is 0 Å². The number of carboxylic acid groups (broad SMARTS) is 1. The van der Waals surface area contributed by atoms with Crippen LogP contribution in [0.4, 0.5) is 0 Å². The Morgan fingerprint density at radius 1 is 1.62 bits per heavy atom. The van der Waals surface area contributed by atoms with Crippen LogP contribution in [0.3, 0.4) is 0 Å². The summed E-state index contributed by atoms with van der Waals surface area (Å²) in [4.78, 5) is 10.5. The van der Waals surface area contributed by atoms with Crippen molar-refractivity contribution in [3.05, 3.63) is 23.8 Å². The van der Waals surface area contributed by atoms with Crippen LogP contribution >= 0.6 is 0 Å². The third-order valence-corrected chi connectivity index (χ3v) is 1.49. The lowest BCUT2D eigenvalue weighted by atomic mass is 10.2. The molecule has 0 bridgehead atoms. The minimum atomic E-state index is -1.06. The van der Waals surface area contributed by atoms with E-state index in [1.807, 2.05) is 0 Å². The Morgan fingerprint density at radius 2 is 2.31 bits per heavy atom. The van der Waals surface area contributed by atoms with Crippen LogP contribution in [0.2, 0.25) is 0 Å². The topological polar surface area (TPSA) is 61.1 Å². The molecule has 0 aromatic rings. The van der Waals surface area contributed by atoms with Crippen LogP contribution in [0.1, 0.15) is 26.2 Å². The normalized spacial score (nSPS) is 11.5. The molecule has 0 aliphatic heterocycles. The molecule has 1 N–H and O–H groups in total. The molecule has 13 heavy (non-hydrogen) atoms. The zero-order valence-electron chi connectivity index (χ0n) is 7.66. The van der Waals surface area contributed by atoms with Crippen LogP contribution in [0.25, 0.3) is 0 Å². The zero-order chi connectivity index (χ0) is 10.1. The molecule has 0 aromatic carbocycles. The number of hydrogen-bond acceptors (Lipinski definition) is 2. The molecule has 0 saturated carbocycles. The fourth-order valence-corrected chi connectivity index (χ4v) is 0.783. The highest BCUT2D eigenvalue weighted by molar-refractivity contribution is 5.90. The fourth-order valence-electron chi connectivity index (χ4n) is 0.783. The van der Waals surface area contributed by atoms with Gasteiger partial charge < -0.3 is 5.11 Å². The molecule has 0 saturated heterocycles. The number of carbonyl (C=O) groups is 1. The van der Waals surface area contributed by atoms with Gasteiger partial charge in [-0.15, -0.1) is 0 Å². The van der Waals surface area contributed by atoms with Gasteiger partial charge in [0.25, 0.3) is 0 Å². The standard InChI is InChI=1S/C10H13NO2/c1-2-3-4-5-6-9(7-8-11)10(12)13/h5-7H,2-4H2,1H3,(H,12,13)/b6-5+,9-7-. The van der Waals surface area contributed by atoms with Crippen molar-refractivity contribution in [3.63, 3.8) is 0 Å². The van der Waals surface area contributed by atoms with Gasteiger partial charge in [0, 0.05) is 6.08 Å². The lowest BCUT2D eigenvalue weighted by Gasteiger charge is -1.91. The van der Waals surface area contributed by atoms with Gasteiger partial charge in [0.15, 0.2) is 0 Å². The van der Waals surface area contributed by atoms with E-state index in [0.29, 0.717) is 0 Å². The first-order valence-electron chi connectivity index (χ1n) is 4.22. The van der Waals surface area contributed by atoms with Gasteiger partial charge in [-0.25, -0.2) is 4.79 Å². The van der Waals surface area contributed by atoms with Gasteiger partial charge in [0.2, 0.25) is 0 Å². The summed E-state index contributed by atoms with van der Waals surface area (Å²) in [7, 11) is 0. The van der Waals surface area contributed by atoms with Gasteiger partial charge in [-0.2, -0.15) is 5.26 Å². The smallest absolute Gasteiger partial charge is 0.336 e. The first-order chi connectivity index (χ1) is 6.22. The van der Waals surface area contributed by atoms with Crippen molar-refractivity contribution >= 4 is 5.97 Å². The second-order valence-corrected chi connectivity index (χ2v) is 2.58. The molecule has 3 nitrogen and oxygen atoms in total. The third kappa shape index (κ3) is 5.68. The molecule has 0 radical (unpaired) electrons. The monoisotopic (exact) mass is 179 g/mol. The summed E-state index contributed by atoms with van der Waals surface area (Å²) in [6.45, 7) is 2.07. The second-order valence-electron chi connectivity index (χ2n) is 2.58. The average molecular weight is 179 g/mol. The van der Waals surface area contributed by atoms with Gasteiger partial charge in [-0.1, -0.05) is 31.9 Å². The lowest BCUT2D eigenvalue weighted by molar-refractivity contribution is -0.132. The average Bonchev–Trinajstić information content (AvgIpc) is 2.10. The maximum absolute atomic E-state index is 10.5. The summed E-state index contributed by atoms with van der Waals surface area (Å²) < 4.78 is 0. The van der Waals surface area contributed by atoms with Crippen molar-refractivity contribution in [2.24, 2.45) is 0 Å². The fraction of sp³-hybridized carbons (Fsp3) is 0.400. The van der Waals surface area contributed by atoms with Gasteiger partial charge >= 0.3 is 5.97 Å². The number of hydrogen-bond donors (Lipinski definition) is 1. The van der Waals surface area contributed by atoms with E-state index in [1.54, 1.807) is 12.1 Å². The molecule has 0 heterocycles. The van der Waals surface area contributed by atoms with Crippen molar-refractivity contribution in [3.8, 4) is 6.07 Å². The van der Waals surface area contributed by atoms with E-state index in [-0.39, 0.29) is 5.57 Å². The van der Waals surface area contributed by atoms with Crippen LogP contribution in [0, 0.1) is 11.3 Å². The predicted octanol–water partition coefficient (Wildman–Crippen LogP) is 2.27. The lowest BCUT2D eigenvalue weighted by Crippen LogP contribution is -1.96. The molecule has 0 amide bonds. The summed E-state index contributed by atoms with van der Waals surface area (Å²) in [5.74, 6) is -1.06. The van der Waals surface area contributed by atoms with Gasteiger partial charge in [0.05, 0.1) is 11.6 Å². The number of rotatable bonds is 5. The third-order valence-electron chi connectivity index (χ3n) is 1.49. The Labute approximate surface area is 78.0 Å². The highest BCUT2D eigenvalue weighted by Gasteiger charge is 2.00. The molecule has 3 heteroatoms. The second kappa shape index (κ2) is 7.11. The minimum Gasteiger partial charge on any atom is -0.478 e. The van der Waals surface area contributed by atoms with Gasteiger partial charge in [-0.05, 0) is 6.42 Å². The number of carboxylic acids is 1. The predicted molar refractivity (Wildman–Crippen MR) is 50.0 cm³/mol. The molecule has 0 spiro atoms. The number of nitriles is 1.